The van der Waals surface area contributed by atoms with Gasteiger partial charge in [-0.25, -0.2) is 5.06 Å². The maximum absolute atomic E-state index is 11.9. The van der Waals surface area contributed by atoms with E-state index in [9.17, 15) is 4.79 Å². The average molecular weight is 227 g/mol. The van der Waals surface area contributed by atoms with Gasteiger partial charge in [-0.15, -0.1) is 0 Å². The van der Waals surface area contributed by atoms with E-state index in [0.717, 1.165) is 18.8 Å². The minimum atomic E-state index is 0.162. The molecule has 0 radical (unpaired) electrons. The third-order valence-electron chi connectivity index (χ3n) is 3.24. The molecule has 0 aliphatic heterocycles. The largest absolute Gasteiger partial charge is 0.274 e. The quantitative estimate of drug-likeness (QED) is 0.691. The summed E-state index contributed by atoms with van der Waals surface area (Å²) in [6, 6.07) is 0. The van der Waals surface area contributed by atoms with Gasteiger partial charge in [0, 0.05) is 12.5 Å². The summed E-state index contributed by atoms with van der Waals surface area (Å²) in [4.78, 5) is 16.9. The molecule has 1 amide bonds. The first kappa shape index (κ1) is 13.5. The summed E-state index contributed by atoms with van der Waals surface area (Å²) in [7, 11) is 1.56. The third-order valence-corrected chi connectivity index (χ3v) is 3.24. The van der Waals surface area contributed by atoms with Crippen LogP contribution >= 0.6 is 0 Å². The van der Waals surface area contributed by atoms with Crippen LogP contribution in [-0.2, 0) is 9.63 Å². The van der Waals surface area contributed by atoms with Crippen LogP contribution in [0.25, 0.3) is 0 Å². The van der Waals surface area contributed by atoms with Crippen molar-refractivity contribution in [2.24, 2.45) is 17.3 Å². The molecule has 0 heterocycles. The lowest BCUT2D eigenvalue weighted by Crippen LogP contribution is -2.42. The summed E-state index contributed by atoms with van der Waals surface area (Å²) >= 11 is 0. The predicted molar refractivity (Wildman–Crippen MR) is 64.7 cm³/mol. The van der Waals surface area contributed by atoms with Gasteiger partial charge in [-0.05, 0) is 37.5 Å². The molecule has 0 N–H and O–H groups in total. The Labute approximate surface area is 99.1 Å². The Bertz CT molecular complexity index is 235. The molecular weight excluding hydrogens is 202 g/mol. The van der Waals surface area contributed by atoms with E-state index >= 15 is 0 Å². The number of hydrogen-bond acceptors (Lipinski definition) is 2. The van der Waals surface area contributed by atoms with E-state index in [1.807, 2.05) is 6.92 Å². The van der Waals surface area contributed by atoms with Crippen molar-refractivity contribution in [1.29, 1.82) is 0 Å². The van der Waals surface area contributed by atoms with Crippen LogP contribution in [0.3, 0.4) is 0 Å². The van der Waals surface area contributed by atoms with Gasteiger partial charge in [0.25, 0.3) is 0 Å². The third kappa shape index (κ3) is 3.48. The number of amides is 1. The Morgan fingerprint density at radius 2 is 1.94 bits per heavy atom. The van der Waals surface area contributed by atoms with Gasteiger partial charge in [-0.1, -0.05) is 20.8 Å². The summed E-state index contributed by atoms with van der Waals surface area (Å²) in [5.41, 5.74) is 0.379. The minimum absolute atomic E-state index is 0.162. The van der Waals surface area contributed by atoms with Gasteiger partial charge in [0.05, 0.1) is 7.11 Å². The second-order valence-corrected chi connectivity index (χ2v) is 6.01. The van der Waals surface area contributed by atoms with Crippen molar-refractivity contribution in [3.8, 4) is 0 Å². The van der Waals surface area contributed by atoms with E-state index in [1.165, 1.54) is 11.5 Å². The minimum Gasteiger partial charge on any atom is -0.274 e. The maximum atomic E-state index is 11.9. The van der Waals surface area contributed by atoms with E-state index in [0.29, 0.717) is 12.0 Å². The fourth-order valence-electron chi connectivity index (χ4n) is 2.55. The van der Waals surface area contributed by atoms with Gasteiger partial charge in [0.15, 0.2) is 0 Å². The van der Waals surface area contributed by atoms with Crippen molar-refractivity contribution in [2.75, 3.05) is 13.7 Å². The van der Waals surface area contributed by atoms with Crippen molar-refractivity contribution in [1.82, 2.24) is 5.06 Å². The summed E-state index contributed by atoms with van der Waals surface area (Å²) in [5.74, 6) is 1.09. The SMILES string of the molecule is CCN(OC)C(=O)C1CC(CC(C)(C)C)C1. The molecule has 0 aromatic heterocycles. The van der Waals surface area contributed by atoms with E-state index in [1.54, 1.807) is 7.11 Å². The van der Waals surface area contributed by atoms with Crippen LogP contribution in [0.4, 0.5) is 0 Å². The van der Waals surface area contributed by atoms with Crippen molar-refractivity contribution in [3.63, 3.8) is 0 Å². The second kappa shape index (κ2) is 5.17. The van der Waals surface area contributed by atoms with Crippen molar-refractivity contribution < 1.29 is 9.63 Å². The fourth-order valence-corrected chi connectivity index (χ4v) is 2.55. The lowest BCUT2D eigenvalue weighted by atomic mass is 9.68. The van der Waals surface area contributed by atoms with Crippen LogP contribution in [0.15, 0.2) is 0 Å². The van der Waals surface area contributed by atoms with E-state index in [4.69, 9.17) is 4.84 Å². The Kier molecular flexibility index (Phi) is 4.36. The number of hydroxylamine groups is 2. The molecular formula is C13H25NO2. The zero-order valence-electron chi connectivity index (χ0n) is 11.2. The monoisotopic (exact) mass is 227 g/mol. The highest BCUT2D eigenvalue weighted by Gasteiger charge is 2.38. The molecule has 1 aliphatic carbocycles. The first-order valence-electron chi connectivity index (χ1n) is 6.23. The highest BCUT2D eigenvalue weighted by Crippen LogP contribution is 2.41. The van der Waals surface area contributed by atoms with Gasteiger partial charge in [0.2, 0.25) is 5.91 Å². The number of nitrogens with zero attached hydrogens (tertiary/aromatic N) is 1. The average Bonchev–Trinajstić information content (AvgIpc) is 2.11. The van der Waals surface area contributed by atoms with Crippen LogP contribution in [0, 0.1) is 17.3 Å². The molecule has 0 atom stereocenters. The topological polar surface area (TPSA) is 29.5 Å². The van der Waals surface area contributed by atoms with Crippen LogP contribution in [-0.4, -0.2) is 24.6 Å². The Balaban J connectivity index is 2.33. The Morgan fingerprint density at radius 3 is 2.31 bits per heavy atom. The van der Waals surface area contributed by atoms with Gasteiger partial charge in [-0.2, -0.15) is 0 Å². The number of rotatable bonds is 4. The van der Waals surface area contributed by atoms with Crippen LogP contribution in [0.1, 0.15) is 47.0 Å². The number of hydrogen-bond donors (Lipinski definition) is 0. The maximum Gasteiger partial charge on any atom is 0.249 e. The molecule has 1 fully saturated rings. The van der Waals surface area contributed by atoms with E-state index in [-0.39, 0.29) is 11.8 Å². The lowest BCUT2D eigenvalue weighted by molar-refractivity contribution is -0.184. The molecule has 1 aliphatic rings. The molecule has 3 nitrogen and oxygen atoms in total. The second-order valence-electron chi connectivity index (χ2n) is 6.01. The standard InChI is InChI=1S/C13H25NO2/c1-6-14(16-5)12(15)11-7-10(8-11)9-13(2,3)4/h10-11H,6-9H2,1-5H3. The van der Waals surface area contributed by atoms with Crippen molar-refractivity contribution in [2.45, 2.75) is 47.0 Å². The van der Waals surface area contributed by atoms with Crippen molar-refractivity contribution in [3.05, 3.63) is 0 Å². The molecule has 0 bridgehead atoms. The van der Waals surface area contributed by atoms with Gasteiger partial charge < -0.3 is 0 Å². The molecule has 16 heavy (non-hydrogen) atoms. The molecule has 3 heteroatoms. The van der Waals surface area contributed by atoms with Crippen LogP contribution < -0.4 is 0 Å². The van der Waals surface area contributed by atoms with Crippen LogP contribution in [0.2, 0.25) is 0 Å². The molecule has 0 aromatic carbocycles. The van der Waals surface area contributed by atoms with Crippen molar-refractivity contribution >= 4 is 5.91 Å². The first-order chi connectivity index (χ1) is 7.37. The molecule has 0 unspecified atom stereocenters. The molecule has 1 saturated carbocycles. The fraction of sp³-hybridized carbons (Fsp3) is 0.923. The highest BCUT2D eigenvalue weighted by atomic mass is 16.7. The smallest absolute Gasteiger partial charge is 0.249 e. The molecule has 0 aromatic rings. The Morgan fingerprint density at radius 1 is 1.38 bits per heavy atom. The van der Waals surface area contributed by atoms with Crippen LogP contribution in [0.5, 0.6) is 0 Å². The zero-order chi connectivity index (χ0) is 12.3. The molecule has 0 spiro atoms. The Hall–Kier alpha value is -0.570. The van der Waals surface area contributed by atoms with Gasteiger partial charge >= 0.3 is 0 Å². The summed E-state index contributed by atoms with van der Waals surface area (Å²) in [6.45, 7) is 9.35. The number of carbonyl (C=O) groups is 1. The zero-order valence-corrected chi connectivity index (χ0v) is 11.2. The molecule has 0 saturated heterocycles. The highest BCUT2D eigenvalue weighted by molar-refractivity contribution is 5.78. The summed E-state index contributed by atoms with van der Waals surface area (Å²) < 4.78 is 0. The summed E-state index contributed by atoms with van der Waals surface area (Å²) in [5, 5.41) is 1.47. The summed E-state index contributed by atoms with van der Waals surface area (Å²) in [6.07, 6.45) is 3.29. The number of carbonyl (C=O) groups excluding carboxylic acids is 1. The van der Waals surface area contributed by atoms with E-state index in [2.05, 4.69) is 20.8 Å². The van der Waals surface area contributed by atoms with E-state index < -0.39 is 0 Å². The lowest BCUT2D eigenvalue weighted by Gasteiger charge is -2.39. The molecule has 94 valence electrons. The van der Waals surface area contributed by atoms with Gasteiger partial charge in [-0.3, -0.25) is 9.63 Å². The predicted octanol–water partition coefficient (Wildman–Crippen LogP) is 2.86. The normalized spacial score (nSPS) is 25.1. The first-order valence-corrected chi connectivity index (χ1v) is 6.23. The van der Waals surface area contributed by atoms with Gasteiger partial charge in [0.1, 0.15) is 0 Å². The molecule has 1 rings (SSSR count).